The van der Waals surface area contributed by atoms with E-state index in [4.69, 9.17) is 24.7 Å². The molecular formula is C22H23N3O10S. The van der Waals surface area contributed by atoms with E-state index in [0.717, 1.165) is 5.56 Å². The number of ether oxygens (including phenoxy) is 5. The standard InChI is InChI=1S/C22H23N3O10S/c1-11(27)32-6-13-7-36-21-17(20(29)25(21)18(13)22(30)35-9-31-8-26)24-19(28)14(23)4-12-2-3-15-16(5-12)34-10-33-15/h2-3,5,8,14,17,21H,4,6-7,9-10,23H2,1H3,(H,24,28)/t14?,17-,21-/m1/s1. The molecule has 0 aromatic heterocycles. The second-order valence-electron chi connectivity index (χ2n) is 7.94. The van der Waals surface area contributed by atoms with Gasteiger partial charge in [-0.1, -0.05) is 6.07 Å². The van der Waals surface area contributed by atoms with Gasteiger partial charge in [0.05, 0.1) is 6.04 Å². The fraction of sp³-hybridized carbons (Fsp3) is 0.409. The smallest absolute Gasteiger partial charge is 0.358 e. The molecule has 0 saturated carbocycles. The molecule has 0 radical (unpaired) electrons. The molecule has 13 nitrogen and oxygen atoms in total. The third kappa shape index (κ3) is 5.23. The summed E-state index contributed by atoms with van der Waals surface area (Å²) in [5, 5.41) is 2.05. The molecule has 1 fully saturated rings. The fourth-order valence-electron chi connectivity index (χ4n) is 3.83. The number of amides is 2. The van der Waals surface area contributed by atoms with Gasteiger partial charge in [-0.15, -0.1) is 11.8 Å². The highest BCUT2D eigenvalue weighted by Gasteiger charge is 2.54. The number of carbonyl (C=O) groups excluding carboxylic acids is 5. The predicted octanol–water partition coefficient (Wildman–Crippen LogP) is -0.824. The van der Waals surface area contributed by atoms with E-state index in [0.29, 0.717) is 17.1 Å². The predicted molar refractivity (Wildman–Crippen MR) is 121 cm³/mol. The number of benzene rings is 1. The van der Waals surface area contributed by atoms with E-state index < -0.39 is 48.0 Å². The van der Waals surface area contributed by atoms with Crippen molar-refractivity contribution in [2.75, 3.05) is 25.9 Å². The molecule has 3 heterocycles. The van der Waals surface area contributed by atoms with Crippen LogP contribution in [0.4, 0.5) is 0 Å². The number of hydrogen-bond acceptors (Lipinski definition) is 12. The molecule has 3 aliphatic rings. The first-order chi connectivity index (χ1) is 17.3. The van der Waals surface area contributed by atoms with Gasteiger partial charge in [-0.2, -0.15) is 0 Å². The maximum atomic E-state index is 13.0. The first-order valence-corrected chi connectivity index (χ1v) is 11.8. The average molecular weight is 522 g/mol. The second kappa shape index (κ2) is 10.9. The Morgan fingerprint density at radius 3 is 2.81 bits per heavy atom. The van der Waals surface area contributed by atoms with Gasteiger partial charge >= 0.3 is 11.9 Å². The summed E-state index contributed by atoms with van der Waals surface area (Å²) in [7, 11) is 0. The molecular weight excluding hydrogens is 498 g/mol. The number of thioether (sulfide) groups is 1. The maximum Gasteiger partial charge on any atom is 0.358 e. The molecule has 4 rings (SSSR count). The number of β-lactam (4-membered cyclic amide) rings is 1. The quantitative estimate of drug-likeness (QED) is 0.129. The number of hydrogen-bond donors (Lipinski definition) is 2. The molecule has 3 atom stereocenters. The SMILES string of the molecule is CC(=O)OCC1=C(C(=O)OCOC=O)N2C(=O)[C@@H](NC(=O)C(N)Cc3ccc4c(c3)OCO4)[C@H]2SC1. The van der Waals surface area contributed by atoms with Crippen LogP contribution in [0.1, 0.15) is 12.5 Å². The molecule has 1 saturated heterocycles. The van der Waals surface area contributed by atoms with E-state index in [9.17, 15) is 24.0 Å². The fourth-order valence-corrected chi connectivity index (χ4v) is 5.16. The highest BCUT2D eigenvalue weighted by molar-refractivity contribution is 8.00. The number of carbonyl (C=O) groups is 5. The minimum atomic E-state index is -0.944. The number of nitrogens with one attached hydrogen (secondary N) is 1. The lowest BCUT2D eigenvalue weighted by atomic mass is 10.0. The summed E-state index contributed by atoms with van der Waals surface area (Å²) in [5.74, 6) is -1.18. The molecule has 3 N–H and O–H groups in total. The molecule has 0 spiro atoms. The molecule has 1 unspecified atom stereocenters. The lowest BCUT2D eigenvalue weighted by Gasteiger charge is -2.49. The van der Waals surface area contributed by atoms with Crippen molar-refractivity contribution in [2.45, 2.75) is 30.8 Å². The zero-order valence-electron chi connectivity index (χ0n) is 19.1. The molecule has 192 valence electrons. The molecule has 3 aliphatic heterocycles. The van der Waals surface area contributed by atoms with Gasteiger partial charge in [0.25, 0.3) is 12.4 Å². The Bertz CT molecular complexity index is 1120. The number of fused-ring (bicyclic) bond motifs is 2. The lowest BCUT2D eigenvalue weighted by molar-refractivity contribution is -0.162. The zero-order chi connectivity index (χ0) is 25.8. The summed E-state index contributed by atoms with van der Waals surface area (Å²) < 4.78 is 24.9. The Hall–Kier alpha value is -3.78. The third-order valence-electron chi connectivity index (χ3n) is 5.54. The van der Waals surface area contributed by atoms with E-state index in [1.165, 1.54) is 23.6 Å². The second-order valence-corrected chi connectivity index (χ2v) is 9.04. The Morgan fingerprint density at radius 1 is 1.28 bits per heavy atom. The van der Waals surface area contributed by atoms with Gasteiger partial charge in [0.15, 0.2) is 11.5 Å². The number of esters is 2. The van der Waals surface area contributed by atoms with Gasteiger partial charge in [0.1, 0.15) is 23.7 Å². The minimum Gasteiger partial charge on any atom is -0.461 e. The van der Waals surface area contributed by atoms with Crippen molar-refractivity contribution < 1.29 is 47.7 Å². The zero-order valence-corrected chi connectivity index (χ0v) is 19.9. The summed E-state index contributed by atoms with van der Waals surface area (Å²) in [6.07, 6.45) is 0.200. The Labute approximate surface area is 209 Å². The summed E-state index contributed by atoms with van der Waals surface area (Å²) in [6.45, 7) is 0.564. The topological polar surface area (TPSA) is 173 Å². The highest BCUT2D eigenvalue weighted by Crippen LogP contribution is 2.41. The molecule has 0 aliphatic carbocycles. The van der Waals surface area contributed by atoms with Crippen molar-refractivity contribution in [3.8, 4) is 11.5 Å². The number of rotatable bonds is 10. The molecule has 1 aromatic carbocycles. The van der Waals surface area contributed by atoms with Gasteiger partial charge in [-0.05, 0) is 24.1 Å². The Balaban J connectivity index is 1.41. The van der Waals surface area contributed by atoms with Crippen LogP contribution in [0, 0.1) is 0 Å². The normalized spacial score (nSPS) is 20.6. The molecule has 1 aromatic rings. The average Bonchev–Trinajstić information content (AvgIpc) is 3.33. The van der Waals surface area contributed by atoms with Crippen LogP contribution < -0.4 is 20.5 Å². The molecule has 0 bridgehead atoms. The summed E-state index contributed by atoms with van der Waals surface area (Å²) in [6, 6.07) is 3.38. The summed E-state index contributed by atoms with van der Waals surface area (Å²) >= 11 is 1.28. The van der Waals surface area contributed by atoms with Crippen LogP contribution in [0.2, 0.25) is 0 Å². The van der Waals surface area contributed by atoms with E-state index in [1.54, 1.807) is 18.2 Å². The highest BCUT2D eigenvalue weighted by atomic mass is 32.2. The van der Waals surface area contributed by atoms with Crippen LogP contribution in [0.3, 0.4) is 0 Å². The third-order valence-corrected chi connectivity index (χ3v) is 6.88. The van der Waals surface area contributed by atoms with Gasteiger partial charge in [0.2, 0.25) is 19.5 Å². The van der Waals surface area contributed by atoms with E-state index in [-0.39, 0.29) is 37.7 Å². The van der Waals surface area contributed by atoms with E-state index >= 15 is 0 Å². The largest absolute Gasteiger partial charge is 0.461 e. The molecule has 36 heavy (non-hydrogen) atoms. The van der Waals surface area contributed by atoms with Crippen molar-refractivity contribution in [1.82, 2.24) is 10.2 Å². The molecule has 2 amide bonds. The van der Waals surface area contributed by atoms with Gasteiger partial charge in [-0.3, -0.25) is 24.1 Å². The Morgan fingerprint density at radius 2 is 2.06 bits per heavy atom. The lowest BCUT2D eigenvalue weighted by Crippen LogP contribution is -2.71. The van der Waals surface area contributed by atoms with Crippen molar-refractivity contribution in [1.29, 1.82) is 0 Å². The van der Waals surface area contributed by atoms with Crippen molar-refractivity contribution in [3.63, 3.8) is 0 Å². The van der Waals surface area contributed by atoms with E-state index in [2.05, 4.69) is 10.1 Å². The van der Waals surface area contributed by atoms with Gasteiger partial charge < -0.3 is 34.7 Å². The molecule has 14 heteroatoms. The number of nitrogens with zero attached hydrogens (tertiary/aromatic N) is 1. The van der Waals surface area contributed by atoms with Crippen LogP contribution in [0.25, 0.3) is 0 Å². The van der Waals surface area contributed by atoms with Crippen LogP contribution in [0.15, 0.2) is 29.5 Å². The van der Waals surface area contributed by atoms with Gasteiger partial charge in [-0.25, -0.2) is 4.79 Å². The van der Waals surface area contributed by atoms with Crippen LogP contribution in [-0.2, 0) is 44.6 Å². The van der Waals surface area contributed by atoms with Crippen LogP contribution in [-0.4, -0.2) is 78.5 Å². The monoisotopic (exact) mass is 521 g/mol. The van der Waals surface area contributed by atoms with Crippen molar-refractivity contribution in [3.05, 3.63) is 35.0 Å². The summed E-state index contributed by atoms with van der Waals surface area (Å²) in [4.78, 5) is 61.1. The van der Waals surface area contributed by atoms with Crippen molar-refractivity contribution >= 4 is 42.0 Å². The minimum absolute atomic E-state index is 0.105. The van der Waals surface area contributed by atoms with Crippen LogP contribution >= 0.6 is 11.8 Å². The van der Waals surface area contributed by atoms with Crippen LogP contribution in [0.5, 0.6) is 11.5 Å². The first kappa shape index (κ1) is 25.3. The number of nitrogens with two attached hydrogens (primary N) is 1. The first-order valence-electron chi connectivity index (χ1n) is 10.8. The Kier molecular flexibility index (Phi) is 7.64. The van der Waals surface area contributed by atoms with E-state index in [1.807, 2.05) is 0 Å². The maximum absolute atomic E-state index is 13.0. The van der Waals surface area contributed by atoms with Gasteiger partial charge in [0, 0.05) is 18.2 Å². The van der Waals surface area contributed by atoms with Crippen molar-refractivity contribution in [2.24, 2.45) is 5.73 Å². The summed E-state index contributed by atoms with van der Waals surface area (Å²) in [5.41, 5.74) is 7.07.